The number of nitrogens with zero attached hydrogens (tertiary/aromatic N) is 6. The lowest BCUT2D eigenvalue weighted by atomic mass is 10.3. The molecule has 6 heteroatoms. The molecule has 3 aromatic rings. The maximum Gasteiger partial charge on any atom is 0.180 e. The number of aromatic nitrogens is 4. The Morgan fingerprint density at radius 2 is 1.86 bits per heavy atom. The number of nitriles is 1. The van der Waals surface area contributed by atoms with Crippen LogP contribution in [0.1, 0.15) is 11.3 Å². The Balaban J connectivity index is 1.71. The summed E-state index contributed by atoms with van der Waals surface area (Å²) in [6, 6.07) is 9.94. The van der Waals surface area contributed by atoms with Crippen LogP contribution in [0.15, 0.2) is 48.9 Å². The summed E-state index contributed by atoms with van der Waals surface area (Å²) >= 11 is 0. The Hall–Kier alpha value is -3.07. The molecule has 0 radical (unpaired) electrons. The van der Waals surface area contributed by atoms with Gasteiger partial charge in [-0.1, -0.05) is 18.2 Å². The van der Waals surface area contributed by atoms with Gasteiger partial charge in [0.2, 0.25) is 0 Å². The van der Waals surface area contributed by atoms with Crippen molar-refractivity contribution in [3.05, 3.63) is 60.2 Å². The fourth-order valence-electron chi connectivity index (χ4n) is 2.59. The normalized spacial score (nSPS) is 13.2. The third kappa shape index (κ3) is 1.87. The van der Waals surface area contributed by atoms with Gasteiger partial charge >= 0.3 is 0 Å². The molecular weight excluding hydrogens is 264 g/mol. The number of hydrogen-bond donors (Lipinski definition) is 0. The Morgan fingerprint density at radius 3 is 2.67 bits per heavy atom. The first-order valence-corrected chi connectivity index (χ1v) is 6.66. The summed E-state index contributed by atoms with van der Waals surface area (Å²) in [4.78, 5) is 1.71. The molecule has 0 bridgehead atoms. The van der Waals surface area contributed by atoms with E-state index in [0.717, 1.165) is 22.6 Å². The predicted octanol–water partition coefficient (Wildman–Crippen LogP) is 1.85. The van der Waals surface area contributed by atoms with E-state index in [9.17, 15) is 0 Å². The van der Waals surface area contributed by atoms with Crippen LogP contribution >= 0.6 is 0 Å². The summed E-state index contributed by atoms with van der Waals surface area (Å²) in [5.41, 5.74) is 4.07. The molecule has 0 fully saturated rings. The van der Waals surface area contributed by atoms with Crippen molar-refractivity contribution in [2.45, 2.75) is 13.1 Å². The smallest absolute Gasteiger partial charge is 0.180 e. The van der Waals surface area contributed by atoms with Gasteiger partial charge in [0, 0.05) is 5.56 Å². The molecule has 4 rings (SSSR count). The van der Waals surface area contributed by atoms with Crippen molar-refractivity contribution in [3.8, 4) is 17.6 Å². The molecule has 102 valence electrons. The van der Waals surface area contributed by atoms with Crippen LogP contribution in [-0.2, 0) is 13.1 Å². The molecule has 0 amide bonds. The largest absolute Gasteiger partial charge is 0.300 e. The van der Waals surface area contributed by atoms with Crippen molar-refractivity contribution in [3.63, 3.8) is 0 Å². The van der Waals surface area contributed by atoms with Crippen LogP contribution in [0.25, 0.3) is 11.4 Å². The Bertz CT molecular complexity index is 823. The quantitative estimate of drug-likeness (QED) is 0.670. The summed E-state index contributed by atoms with van der Waals surface area (Å²) in [5.74, 6) is 0. The van der Waals surface area contributed by atoms with Gasteiger partial charge in [0.15, 0.2) is 6.19 Å². The van der Waals surface area contributed by atoms with E-state index in [4.69, 9.17) is 5.26 Å². The first kappa shape index (κ1) is 11.7. The van der Waals surface area contributed by atoms with Crippen molar-refractivity contribution >= 4 is 0 Å². The highest BCUT2D eigenvalue weighted by molar-refractivity contribution is 5.37. The molecule has 0 spiro atoms. The van der Waals surface area contributed by atoms with Crippen LogP contribution in [0.3, 0.4) is 0 Å². The summed E-state index contributed by atoms with van der Waals surface area (Å²) in [6.45, 7) is 1.24. The van der Waals surface area contributed by atoms with Crippen molar-refractivity contribution in [1.29, 1.82) is 5.26 Å². The van der Waals surface area contributed by atoms with E-state index in [1.165, 1.54) is 0 Å². The highest BCUT2D eigenvalue weighted by atomic mass is 15.4. The van der Waals surface area contributed by atoms with E-state index in [1.807, 2.05) is 52.1 Å². The zero-order valence-corrected chi connectivity index (χ0v) is 11.2. The molecule has 2 aromatic heterocycles. The maximum absolute atomic E-state index is 9.00. The van der Waals surface area contributed by atoms with Crippen molar-refractivity contribution in [1.82, 2.24) is 24.5 Å². The fraction of sp³-hybridized carbons (Fsp3) is 0.133. The number of hydrogen-bond acceptors (Lipinski definition) is 4. The molecule has 1 aromatic carbocycles. The standard InChI is InChI=1S/C15H12N6/c16-11-19-8-12-6-18-21(15(12)10-19)14-7-17-20(9-14)13-4-2-1-3-5-13/h1-7,9H,8,10H2. The van der Waals surface area contributed by atoms with Crippen LogP contribution in [0.5, 0.6) is 0 Å². The van der Waals surface area contributed by atoms with Gasteiger partial charge in [0.1, 0.15) is 5.69 Å². The first-order chi connectivity index (χ1) is 10.3. The fourth-order valence-corrected chi connectivity index (χ4v) is 2.59. The minimum absolute atomic E-state index is 0.600. The van der Waals surface area contributed by atoms with Crippen LogP contribution in [-0.4, -0.2) is 24.5 Å². The SMILES string of the molecule is N#CN1Cc2cnn(-c3cnn(-c4ccccc4)c3)c2C1. The molecule has 1 aliphatic heterocycles. The minimum Gasteiger partial charge on any atom is -0.300 e. The Morgan fingerprint density at radius 1 is 1.00 bits per heavy atom. The molecule has 0 saturated heterocycles. The summed E-state index contributed by atoms with van der Waals surface area (Å²) in [5, 5.41) is 17.8. The van der Waals surface area contributed by atoms with Gasteiger partial charge < -0.3 is 4.90 Å². The molecule has 0 unspecified atom stereocenters. The second kappa shape index (κ2) is 4.49. The average molecular weight is 276 g/mol. The molecular formula is C15H12N6. The number of benzene rings is 1. The minimum atomic E-state index is 0.600. The molecule has 21 heavy (non-hydrogen) atoms. The molecule has 1 aliphatic rings. The van der Waals surface area contributed by atoms with E-state index in [1.54, 1.807) is 11.1 Å². The third-order valence-electron chi connectivity index (χ3n) is 3.63. The summed E-state index contributed by atoms with van der Waals surface area (Å²) in [7, 11) is 0. The van der Waals surface area contributed by atoms with Gasteiger partial charge in [-0.3, -0.25) is 0 Å². The molecule has 0 aliphatic carbocycles. The lowest BCUT2D eigenvalue weighted by Crippen LogP contribution is -2.10. The molecule has 0 atom stereocenters. The van der Waals surface area contributed by atoms with Gasteiger partial charge in [-0.05, 0) is 12.1 Å². The second-order valence-corrected chi connectivity index (χ2v) is 4.96. The molecule has 0 N–H and O–H groups in total. The first-order valence-electron chi connectivity index (χ1n) is 6.66. The van der Waals surface area contributed by atoms with Gasteiger partial charge in [-0.2, -0.15) is 15.5 Å². The van der Waals surface area contributed by atoms with E-state index >= 15 is 0 Å². The van der Waals surface area contributed by atoms with Crippen molar-refractivity contribution < 1.29 is 0 Å². The monoisotopic (exact) mass is 276 g/mol. The van der Waals surface area contributed by atoms with Crippen LogP contribution in [0, 0.1) is 11.5 Å². The van der Waals surface area contributed by atoms with Crippen LogP contribution in [0.2, 0.25) is 0 Å². The number of fused-ring (bicyclic) bond motifs is 1. The number of para-hydroxylation sites is 1. The predicted molar refractivity (Wildman–Crippen MR) is 75.5 cm³/mol. The highest BCUT2D eigenvalue weighted by Gasteiger charge is 2.23. The second-order valence-electron chi connectivity index (χ2n) is 4.96. The molecule has 3 heterocycles. The highest BCUT2D eigenvalue weighted by Crippen LogP contribution is 2.24. The molecule has 6 nitrogen and oxygen atoms in total. The van der Waals surface area contributed by atoms with Crippen molar-refractivity contribution in [2.24, 2.45) is 0 Å². The van der Waals surface area contributed by atoms with E-state index in [2.05, 4.69) is 16.4 Å². The van der Waals surface area contributed by atoms with E-state index in [0.29, 0.717) is 13.1 Å². The zero-order valence-electron chi connectivity index (χ0n) is 11.2. The summed E-state index contributed by atoms with van der Waals surface area (Å²) in [6.07, 6.45) is 7.73. The van der Waals surface area contributed by atoms with Crippen LogP contribution in [0.4, 0.5) is 0 Å². The van der Waals surface area contributed by atoms with Gasteiger partial charge in [-0.15, -0.1) is 0 Å². The lowest BCUT2D eigenvalue weighted by Gasteiger charge is -2.06. The topological polar surface area (TPSA) is 62.7 Å². The lowest BCUT2D eigenvalue weighted by molar-refractivity contribution is 0.408. The average Bonchev–Trinajstić information content (AvgIpc) is 3.22. The Kier molecular flexibility index (Phi) is 2.51. The number of rotatable bonds is 2. The summed E-state index contributed by atoms with van der Waals surface area (Å²) < 4.78 is 3.68. The van der Waals surface area contributed by atoms with Gasteiger partial charge in [0.05, 0.1) is 43.1 Å². The van der Waals surface area contributed by atoms with Gasteiger partial charge in [0.25, 0.3) is 0 Å². The van der Waals surface area contributed by atoms with Gasteiger partial charge in [-0.25, -0.2) is 9.36 Å². The van der Waals surface area contributed by atoms with E-state index in [-0.39, 0.29) is 0 Å². The third-order valence-corrected chi connectivity index (χ3v) is 3.63. The Labute approximate surface area is 121 Å². The zero-order chi connectivity index (χ0) is 14.2. The molecule has 0 saturated carbocycles. The van der Waals surface area contributed by atoms with E-state index < -0.39 is 0 Å². The van der Waals surface area contributed by atoms with Crippen molar-refractivity contribution in [2.75, 3.05) is 0 Å². The van der Waals surface area contributed by atoms with Crippen LogP contribution < -0.4 is 0 Å². The maximum atomic E-state index is 9.00.